The van der Waals surface area contributed by atoms with E-state index in [1.54, 1.807) is 19.3 Å². The molecule has 0 saturated heterocycles. The molecule has 0 aliphatic carbocycles. The van der Waals surface area contributed by atoms with Crippen LogP contribution in [0.1, 0.15) is 31.5 Å². The van der Waals surface area contributed by atoms with Gasteiger partial charge in [0.25, 0.3) is 0 Å². The Morgan fingerprint density at radius 2 is 2.14 bits per heavy atom. The molecule has 0 bridgehead atoms. The van der Waals surface area contributed by atoms with Crippen molar-refractivity contribution in [1.82, 2.24) is 29.6 Å². The van der Waals surface area contributed by atoms with Crippen molar-refractivity contribution >= 4 is 11.7 Å². The average molecular weight is 391 g/mol. The number of aryl methyl sites for hydroxylation is 1. The van der Waals surface area contributed by atoms with Crippen LogP contribution in [0.15, 0.2) is 42.9 Å². The van der Waals surface area contributed by atoms with Gasteiger partial charge in [-0.2, -0.15) is 5.10 Å². The number of rotatable bonds is 6. The van der Waals surface area contributed by atoms with Gasteiger partial charge < -0.3 is 10.2 Å². The Kier molecular flexibility index (Phi) is 5.50. The van der Waals surface area contributed by atoms with Gasteiger partial charge in [-0.25, -0.2) is 9.97 Å². The van der Waals surface area contributed by atoms with Crippen molar-refractivity contribution in [2.75, 3.05) is 11.9 Å². The summed E-state index contributed by atoms with van der Waals surface area (Å²) in [4.78, 5) is 27.6. The highest BCUT2D eigenvalue weighted by atomic mass is 16.2. The molecule has 8 heteroatoms. The lowest BCUT2D eigenvalue weighted by Crippen LogP contribution is -2.36. The molecule has 3 aromatic heterocycles. The molecule has 1 aliphatic heterocycles. The van der Waals surface area contributed by atoms with Crippen molar-refractivity contribution in [3.63, 3.8) is 0 Å². The van der Waals surface area contributed by atoms with Crippen LogP contribution in [0.3, 0.4) is 0 Å². The largest absolute Gasteiger partial charge is 0.367 e. The minimum atomic E-state index is 0.0655. The zero-order valence-corrected chi connectivity index (χ0v) is 16.7. The zero-order valence-electron chi connectivity index (χ0n) is 16.7. The van der Waals surface area contributed by atoms with Crippen LogP contribution < -0.4 is 5.32 Å². The van der Waals surface area contributed by atoms with Gasteiger partial charge in [-0.1, -0.05) is 6.07 Å². The molecule has 0 saturated carbocycles. The minimum Gasteiger partial charge on any atom is -0.367 e. The fourth-order valence-corrected chi connectivity index (χ4v) is 3.49. The fourth-order valence-electron chi connectivity index (χ4n) is 3.49. The molecule has 150 valence electrons. The lowest BCUT2D eigenvalue weighted by molar-refractivity contribution is -0.129. The maximum atomic E-state index is 11.9. The molecule has 1 N–H and O–H groups in total. The molecule has 4 rings (SSSR count). The van der Waals surface area contributed by atoms with Crippen LogP contribution in [-0.4, -0.2) is 48.1 Å². The number of pyridine rings is 1. The van der Waals surface area contributed by atoms with E-state index in [4.69, 9.17) is 9.97 Å². The van der Waals surface area contributed by atoms with Crippen LogP contribution in [0.4, 0.5) is 5.82 Å². The quantitative estimate of drug-likeness (QED) is 0.695. The average Bonchev–Trinajstić information content (AvgIpc) is 3.26. The van der Waals surface area contributed by atoms with Gasteiger partial charge in [0.05, 0.1) is 12.2 Å². The fraction of sp³-hybridized carbons (Fsp3) is 0.381. The van der Waals surface area contributed by atoms with Crippen LogP contribution in [-0.2, 0) is 24.3 Å². The summed E-state index contributed by atoms with van der Waals surface area (Å²) >= 11 is 0. The summed E-state index contributed by atoms with van der Waals surface area (Å²) < 4.78 is 1.93. The van der Waals surface area contributed by atoms with Crippen molar-refractivity contribution in [3.8, 4) is 11.5 Å². The van der Waals surface area contributed by atoms with Gasteiger partial charge in [-0.05, 0) is 38.0 Å². The Balaban J connectivity index is 1.61. The highest BCUT2D eigenvalue weighted by Crippen LogP contribution is 2.27. The first-order valence-electron chi connectivity index (χ1n) is 9.91. The number of nitrogens with zero attached hydrogens (tertiary/aromatic N) is 6. The number of anilines is 1. The van der Waals surface area contributed by atoms with Gasteiger partial charge in [0.15, 0.2) is 5.82 Å². The van der Waals surface area contributed by atoms with E-state index in [0.29, 0.717) is 18.9 Å². The van der Waals surface area contributed by atoms with E-state index < -0.39 is 0 Å². The van der Waals surface area contributed by atoms with Gasteiger partial charge >= 0.3 is 0 Å². The summed E-state index contributed by atoms with van der Waals surface area (Å²) in [5.74, 6) is 1.49. The normalized spacial score (nSPS) is 14.3. The van der Waals surface area contributed by atoms with Gasteiger partial charge in [0.1, 0.15) is 11.5 Å². The van der Waals surface area contributed by atoms with Crippen LogP contribution in [0, 0.1) is 0 Å². The highest BCUT2D eigenvalue weighted by molar-refractivity contribution is 5.74. The molecule has 0 unspecified atom stereocenters. The Morgan fingerprint density at radius 3 is 2.86 bits per heavy atom. The monoisotopic (exact) mass is 391 g/mol. The zero-order chi connectivity index (χ0) is 20.2. The first kappa shape index (κ1) is 19.0. The minimum absolute atomic E-state index is 0.0655. The van der Waals surface area contributed by atoms with Crippen molar-refractivity contribution in [2.24, 2.45) is 0 Å². The Labute approximate surface area is 170 Å². The molecule has 0 radical (unpaired) electrons. The van der Waals surface area contributed by atoms with Crippen LogP contribution in [0.25, 0.3) is 11.5 Å². The number of hydrogen-bond donors (Lipinski definition) is 1. The Bertz CT molecular complexity index is 972. The third-order valence-electron chi connectivity index (χ3n) is 5.14. The summed E-state index contributed by atoms with van der Waals surface area (Å²) in [5.41, 5.74) is 2.71. The summed E-state index contributed by atoms with van der Waals surface area (Å²) in [6.45, 7) is 5.76. The Morgan fingerprint density at radius 1 is 1.24 bits per heavy atom. The maximum absolute atomic E-state index is 11.9. The number of amides is 1. The standard InChI is InChI=1S/C21H25N7O/c1-15(7-13-28-11-5-10-23-28)24-20-17-8-12-27(16(2)29)14-19(17)25-21(26-20)18-6-3-4-9-22-18/h3-6,9-11,15H,7-8,12-14H2,1-2H3,(H,24,25,26)/t15-/m0/s1. The van der Waals surface area contributed by atoms with Gasteiger partial charge in [-0.15, -0.1) is 0 Å². The smallest absolute Gasteiger partial charge is 0.219 e. The highest BCUT2D eigenvalue weighted by Gasteiger charge is 2.24. The number of fused-ring (bicyclic) bond motifs is 1. The van der Waals surface area contributed by atoms with Gasteiger partial charge in [-0.3, -0.25) is 14.5 Å². The molecule has 29 heavy (non-hydrogen) atoms. The van der Waals surface area contributed by atoms with E-state index in [9.17, 15) is 4.79 Å². The lowest BCUT2D eigenvalue weighted by Gasteiger charge is -2.29. The second kappa shape index (κ2) is 8.38. The predicted molar refractivity (Wildman–Crippen MR) is 110 cm³/mol. The molecule has 3 aromatic rings. The van der Waals surface area contributed by atoms with Crippen LogP contribution >= 0.6 is 0 Å². The maximum Gasteiger partial charge on any atom is 0.219 e. The van der Waals surface area contributed by atoms with E-state index in [0.717, 1.165) is 42.2 Å². The second-order valence-corrected chi connectivity index (χ2v) is 7.33. The number of aromatic nitrogens is 5. The van der Waals surface area contributed by atoms with Crippen LogP contribution in [0.5, 0.6) is 0 Å². The molecule has 4 heterocycles. The first-order valence-corrected chi connectivity index (χ1v) is 9.91. The van der Waals surface area contributed by atoms with E-state index >= 15 is 0 Å². The van der Waals surface area contributed by atoms with E-state index in [1.807, 2.05) is 40.0 Å². The number of hydrogen-bond acceptors (Lipinski definition) is 6. The summed E-state index contributed by atoms with van der Waals surface area (Å²) in [6, 6.07) is 7.83. The second-order valence-electron chi connectivity index (χ2n) is 7.33. The lowest BCUT2D eigenvalue weighted by atomic mass is 10.0. The van der Waals surface area contributed by atoms with E-state index in [2.05, 4.69) is 22.3 Å². The van der Waals surface area contributed by atoms with Crippen LogP contribution in [0.2, 0.25) is 0 Å². The molecule has 1 aliphatic rings. The van der Waals surface area contributed by atoms with Crippen molar-refractivity contribution in [1.29, 1.82) is 0 Å². The molecule has 0 spiro atoms. The third-order valence-corrected chi connectivity index (χ3v) is 5.14. The molecule has 1 atom stereocenters. The van der Waals surface area contributed by atoms with Gasteiger partial charge in [0, 0.05) is 50.2 Å². The summed E-state index contributed by atoms with van der Waals surface area (Å²) in [5, 5.41) is 7.82. The van der Waals surface area contributed by atoms with Gasteiger partial charge in [0.2, 0.25) is 5.91 Å². The number of nitrogens with one attached hydrogen (secondary N) is 1. The summed E-state index contributed by atoms with van der Waals surface area (Å²) in [6.07, 6.45) is 7.15. The van der Waals surface area contributed by atoms with E-state index in [-0.39, 0.29) is 11.9 Å². The summed E-state index contributed by atoms with van der Waals surface area (Å²) in [7, 11) is 0. The molecular weight excluding hydrogens is 366 g/mol. The van der Waals surface area contributed by atoms with Crippen molar-refractivity contribution in [2.45, 2.75) is 45.8 Å². The SMILES string of the molecule is CC(=O)N1CCc2c(nc(-c3ccccn3)nc2N[C@@H](C)CCn2cccn2)C1. The number of carbonyl (C=O) groups excluding carboxylic acids is 1. The van der Waals surface area contributed by atoms with E-state index in [1.165, 1.54) is 0 Å². The predicted octanol–water partition coefficient (Wildman–Crippen LogP) is 2.53. The molecule has 0 aromatic carbocycles. The molecule has 0 fully saturated rings. The number of carbonyl (C=O) groups is 1. The molecule has 1 amide bonds. The molecule has 8 nitrogen and oxygen atoms in total. The van der Waals surface area contributed by atoms with Crippen molar-refractivity contribution in [3.05, 3.63) is 54.1 Å². The Hall–Kier alpha value is -3.29. The molecular formula is C21H25N7O. The third kappa shape index (κ3) is 4.42. The topological polar surface area (TPSA) is 88.8 Å². The first-order chi connectivity index (χ1) is 14.1. The van der Waals surface area contributed by atoms with Crippen molar-refractivity contribution < 1.29 is 4.79 Å².